The minimum absolute atomic E-state index is 0.750. The Morgan fingerprint density at radius 1 is 1.25 bits per heavy atom. The molecule has 0 aromatic heterocycles. The molecule has 1 nitrogen and oxygen atoms in total. The number of hydrogen-bond donors (Lipinski definition) is 1. The summed E-state index contributed by atoms with van der Waals surface area (Å²) in [6, 6.07) is 0.750. The Bertz CT molecular complexity index is 91.0. The van der Waals surface area contributed by atoms with Crippen LogP contribution in [0.3, 0.4) is 0 Å². The fourth-order valence-electron chi connectivity index (χ4n) is 1.48. The lowest BCUT2D eigenvalue weighted by molar-refractivity contribution is 0.387. The lowest BCUT2D eigenvalue weighted by Gasteiger charge is -2.19. The van der Waals surface area contributed by atoms with Crippen molar-refractivity contribution in [2.24, 2.45) is 5.92 Å². The molecule has 0 heterocycles. The smallest absolute Gasteiger partial charge is 0.00665 e. The van der Waals surface area contributed by atoms with Crippen molar-refractivity contribution in [2.75, 3.05) is 7.05 Å². The quantitative estimate of drug-likeness (QED) is 0.620. The van der Waals surface area contributed by atoms with Crippen molar-refractivity contribution in [3.8, 4) is 0 Å². The van der Waals surface area contributed by atoms with Gasteiger partial charge in [-0.05, 0) is 25.8 Å². The van der Waals surface area contributed by atoms with Crippen LogP contribution >= 0.6 is 0 Å². The third-order valence-corrected chi connectivity index (χ3v) is 2.70. The molecule has 0 spiro atoms. The Morgan fingerprint density at radius 2 is 1.92 bits per heavy atom. The van der Waals surface area contributed by atoms with E-state index >= 15 is 0 Å². The molecule has 2 atom stereocenters. The molecule has 0 aliphatic carbocycles. The summed E-state index contributed by atoms with van der Waals surface area (Å²) in [5, 5.41) is 3.40. The summed E-state index contributed by atoms with van der Waals surface area (Å²) in [6.07, 6.45) is 6.68. The molecule has 74 valence electrons. The third kappa shape index (κ3) is 5.59. The van der Waals surface area contributed by atoms with E-state index < -0.39 is 0 Å². The molecule has 2 unspecified atom stereocenters. The van der Waals surface area contributed by atoms with Gasteiger partial charge in [0.2, 0.25) is 0 Å². The van der Waals surface area contributed by atoms with Crippen molar-refractivity contribution < 1.29 is 0 Å². The van der Waals surface area contributed by atoms with Crippen molar-refractivity contribution in [3.05, 3.63) is 0 Å². The van der Waals surface area contributed by atoms with E-state index in [1.54, 1.807) is 0 Å². The van der Waals surface area contributed by atoms with Crippen molar-refractivity contribution >= 4 is 0 Å². The highest BCUT2D eigenvalue weighted by molar-refractivity contribution is 4.67. The number of hydrogen-bond acceptors (Lipinski definition) is 1. The first kappa shape index (κ1) is 12.0. The molecule has 12 heavy (non-hydrogen) atoms. The van der Waals surface area contributed by atoms with Crippen LogP contribution < -0.4 is 5.32 Å². The molecule has 0 saturated carbocycles. The van der Waals surface area contributed by atoms with Gasteiger partial charge in [-0.2, -0.15) is 0 Å². The first-order chi connectivity index (χ1) is 5.74. The Kier molecular flexibility index (Phi) is 7.58. The van der Waals surface area contributed by atoms with Crippen LogP contribution in [0.15, 0.2) is 0 Å². The molecule has 0 rings (SSSR count). The van der Waals surface area contributed by atoms with Gasteiger partial charge in [-0.15, -0.1) is 0 Å². The van der Waals surface area contributed by atoms with Crippen LogP contribution in [0, 0.1) is 5.92 Å². The number of rotatable bonds is 7. The normalized spacial score (nSPS) is 16.0. The Morgan fingerprint density at radius 3 is 2.33 bits per heavy atom. The van der Waals surface area contributed by atoms with Crippen LogP contribution in [0.4, 0.5) is 0 Å². The van der Waals surface area contributed by atoms with Crippen LogP contribution in [0.1, 0.15) is 52.9 Å². The Labute approximate surface area is 77.9 Å². The second kappa shape index (κ2) is 7.60. The first-order valence-corrected chi connectivity index (χ1v) is 5.41. The molecule has 0 bridgehead atoms. The standard InChI is InChI=1S/C11H25N/c1-5-7-8-11(12-4)9-10(3)6-2/h10-12H,5-9H2,1-4H3. The average Bonchev–Trinajstić information content (AvgIpc) is 2.11. The van der Waals surface area contributed by atoms with E-state index in [-0.39, 0.29) is 0 Å². The minimum atomic E-state index is 0.750. The summed E-state index contributed by atoms with van der Waals surface area (Å²) in [4.78, 5) is 0. The van der Waals surface area contributed by atoms with Crippen LogP contribution in [-0.2, 0) is 0 Å². The fourth-order valence-corrected chi connectivity index (χ4v) is 1.48. The molecule has 0 amide bonds. The third-order valence-electron chi connectivity index (χ3n) is 2.70. The molecular formula is C11H25N. The van der Waals surface area contributed by atoms with Gasteiger partial charge in [0.1, 0.15) is 0 Å². The highest BCUT2D eigenvalue weighted by Gasteiger charge is 2.08. The van der Waals surface area contributed by atoms with E-state index in [1.165, 1.54) is 32.1 Å². The topological polar surface area (TPSA) is 12.0 Å². The molecule has 1 N–H and O–H groups in total. The molecule has 0 aromatic carbocycles. The van der Waals surface area contributed by atoms with Crippen LogP contribution in [-0.4, -0.2) is 13.1 Å². The fraction of sp³-hybridized carbons (Fsp3) is 1.00. The molecule has 1 heteroatoms. The maximum absolute atomic E-state index is 3.40. The van der Waals surface area contributed by atoms with Gasteiger partial charge in [-0.25, -0.2) is 0 Å². The van der Waals surface area contributed by atoms with E-state index in [2.05, 4.69) is 33.1 Å². The highest BCUT2D eigenvalue weighted by atomic mass is 14.9. The van der Waals surface area contributed by atoms with Gasteiger partial charge >= 0.3 is 0 Å². The van der Waals surface area contributed by atoms with Crippen LogP contribution in [0.2, 0.25) is 0 Å². The lowest BCUT2D eigenvalue weighted by atomic mass is 9.96. The maximum Gasteiger partial charge on any atom is 0.00665 e. The largest absolute Gasteiger partial charge is 0.317 e. The molecule has 0 aromatic rings. The van der Waals surface area contributed by atoms with Gasteiger partial charge in [0.25, 0.3) is 0 Å². The van der Waals surface area contributed by atoms with Gasteiger partial charge in [-0.3, -0.25) is 0 Å². The highest BCUT2D eigenvalue weighted by Crippen LogP contribution is 2.13. The molecule has 0 saturated heterocycles. The second-order valence-corrected chi connectivity index (χ2v) is 3.88. The van der Waals surface area contributed by atoms with Gasteiger partial charge in [-0.1, -0.05) is 40.0 Å². The zero-order chi connectivity index (χ0) is 9.40. The van der Waals surface area contributed by atoms with Gasteiger partial charge in [0, 0.05) is 6.04 Å². The number of unbranched alkanes of at least 4 members (excludes halogenated alkanes) is 1. The van der Waals surface area contributed by atoms with Crippen LogP contribution in [0.5, 0.6) is 0 Å². The van der Waals surface area contributed by atoms with E-state index in [9.17, 15) is 0 Å². The summed E-state index contributed by atoms with van der Waals surface area (Å²) in [7, 11) is 2.09. The Hall–Kier alpha value is -0.0400. The van der Waals surface area contributed by atoms with E-state index in [0.29, 0.717) is 0 Å². The maximum atomic E-state index is 3.40. The molecule has 0 fully saturated rings. The summed E-state index contributed by atoms with van der Waals surface area (Å²) in [5.74, 6) is 0.874. The summed E-state index contributed by atoms with van der Waals surface area (Å²) >= 11 is 0. The SMILES string of the molecule is CCCCC(CC(C)CC)NC. The van der Waals surface area contributed by atoms with Crippen LogP contribution in [0.25, 0.3) is 0 Å². The van der Waals surface area contributed by atoms with Gasteiger partial charge < -0.3 is 5.32 Å². The van der Waals surface area contributed by atoms with E-state index in [4.69, 9.17) is 0 Å². The molecular weight excluding hydrogens is 146 g/mol. The number of nitrogens with one attached hydrogen (secondary N) is 1. The Balaban J connectivity index is 3.51. The summed E-state index contributed by atoms with van der Waals surface area (Å²) < 4.78 is 0. The van der Waals surface area contributed by atoms with Crippen molar-refractivity contribution in [1.29, 1.82) is 0 Å². The summed E-state index contributed by atoms with van der Waals surface area (Å²) in [6.45, 7) is 6.88. The minimum Gasteiger partial charge on any atom is -0.317 e. The molecule has 0 aliphatic heterocycles. The molecule has 0 aliphatic rings. The van der Waals surface area contributed by atoms with Crippen molar-refractivity contribution in [3.63, 3.8) is 0 Å². The zero-order valence-corrected chi connectivity index (χ0v) is 9.19. The second-order valence-electron chi connectivity index (χ2n) is 3.88. The first-order valence-electron chi connectivity index (χ1n) is 5.41. The zero-order valence-electron chi connectivity index (χ0n) is 9.19. The lowest BCUT2D eigenvalue weighted by Crippen LogP contribution is -2.27. The van der Waals surface area contributed by atoms with Gasteiger partial charge in [0.15, 0.2) is 0 Å². The monoisotopic (exact) mass is 171 g/mol. The van der Waals surface area contributed by atoms with E-state index in [1.807, 2.05) is 0 Å². The van der Waals surface area contributed by atoms with Crippen molar-refractivity contribution in [2.45, 2.75) is 58.9 Å². The predicted molar refractivity (Wildman–Crippen MR) is 56.4 cm³/mol. The predicted octanol–water partition coefficient (Wildman–Crippen LogP) is 3.20. The average molecular weight is 171 g/mol. The van der Waals surface area contributed by atoms with Gasteiger partial charge in [0.05, 0.1) is 0 Å². The van der Waals surface area contributed by atoms with E-state index in [0.717, 1.165) is 12.0 Å². The summed E-state index contributed by atoms with van der Waals surface area (Å²) in [5.41, 5.74) is 0. The molecule has 0 radical (unpaired) electrons. The van der Waals surface area contributed by atoms with Crippen molar-refractivity contribution in [1.82, 2.24) is 5.32 Å².